The molecule has 0 N–H and O–H groups in total. The maximum absolute atomic E-state index is 4.33. The Balaban J connectivity index is 0.000000980. The molecule has 0 aliphatic heterocycles. The third-order valence-electron chi connectivity index (χ3n) is 1.79. The highest BCUT2D eigenvalue weighted by Crippen LogP contribution is 2.10. The summed E-state index contributed by atoms with van der Waals surface area (Å²) in [6, 6.07) is 10.0. The van der Waals surface area contributed by atoms with Crippen molar-refractivity contribution < 1.29 is 0 Å². The first-order chi connectivity index (χ1) is 6.27. The van der Waals surface area contributed by atoms with Gasteiger partial charge in [0, 0.05) is 10.1 Å². The van der Waals surface area contributed by atoms with Crippen LogP contribution in [0.5, 0.6) is 0 Å². The smallest absolute Gasteiger partial charge is 0.110 e. The molecule has 1 nitrogen and oxygen atoms in total. The highest BCUT2D eigenvalue weighted by molar-refractivity contribution is 7.07. The number of nitrogens with zero attached hydrogens (tertiary/aromatic N) is 1. The molecule has 0 amide bonds. The summed E-state index contributed by atoms with van der Waals surface area (Å²) >= 11 is 1.53. The Morgan fingerprint density at radius 1 is 1.07 bits per heavy atom. The van der Waals surface area contributed by atoms with Gasteiger partial charge < -0.3 is 0 Å². The van der Waals surface area contributed by atoms with Gasteiger partial charge in [0.25, 0.3) is 0 Å². The number of hydrogen-bond acceptors (Lipinski definition) is 2. The van der Waals surface area contributed by atoms with Crippen LogP contribution in [0.25, 0.3) is 24.4 Å². The maximum Gasteiger partial charge on any atom is 0.110 e. The van der Waals surface area contributed by atoms with Gasteiger partial charge in [0.2, 0.25) is 0 Å². The standard InChI is InChI=1S/C11H9NS.CH4/c1-8-11(12-9(2)13-8)10-6-4-3-5-7-10;/h3-7H,1-2H2;1H4. The first-order valence-electron chi connectivity index (χ1n) is 3.97. The Kier molecular flexibility index (Phi) is 3.20. The fourth-order valence-electron chi connectivity index (χ4n) is 1.22. The minimum atomic E-state index is 0. The van der Waals surface area contributed by atoms with E-state index >= 15 is 0 Å². The van der Waals surface area contributed by atoms with E-state index in [2.05, 4.69) is 18.1 Å². The largest absolute Gasteiger partial charge is 0.237 e. The summed E-state index contributed by atoms with van der Waals surface area (Å²) < 4.78 is 1.81. The molecule has 1 aromatic heterocycles. The van der Waals surface area contributed by atoms with E-state index in [9.17, 15) is 0 Å². The molecule has 0 atom stereocenters. The number of aromatic nitrogens is 1. The molecule has 0 aliphatic rings. The molecule has 0 spiro atoms. The molecule has 2 heteroatoms. The van der Waals surface area contributed by atoms with E-state index in [1.807, 2.05) is 30.3 Å². The van der Waals surface area contributed by atoms with Gasteiger partial charge >= 0.3 is 0 Å². The lowest BCUT2D eigenvalue weighted by Crippen LogP contribution is -1.94. The quantitative estimate of drug-likeness (QED) is 0.693. The van der Waals surface area contributed by atoms with Crippen molar-refractivity contribution in [3.63, 3.8) is 0 Å². The van der Waals surface area contributed by atoms with Crippen LogP contribution in [0.15, 0.2) is 30.3 Å². The third kappa shape index (κ3) is 1.91. The van der Waals surface area contributed by atoms with Crippen LogP contribution in [0.1, 0.15) is 7.43 Å². The number of thiazole rings is 1. The molecule has 0 radical (unpaired) electrons. The van der Waals surface area contributed by atoms with E-state index in [0.29, 0.717) is 0 Å². The van der Waals surface area contributed by atoms with Crippen molar-refractivity contribution in [1.29, 1.82) is 0 Å². The summed E-state index contributed by atoms with van der Waals surface area (Å²) in [4.78, 5) is 4.33. The van der Waals surface area contributed by atoms with E-state index in [1.165, 1.54) is 11.3 Å². The minimum Gasteiger partial charge on any atom is -0.237 e. The molecular formula is C12H13NS. The predicted octanol–water partition coefficient (Wildman–Crippen LogP) is 2.27. The van der Waals surface area contributed by atoms with Crippen molar-refractivity contribution in [3.05, 3.63) is 39.5 Å². The zero-order chi connectivity index (χ0) is 9.26. The molecular weight excluding hydrogens is 190 g/mol. The summed E-state index contributed by atoms with van der Waals surface area (Å²) in [6.07, 6.45) is 0. The summed E-state index contributed by atoms with van der Waals surface area (Å²) in [5, 5.41) is 0. The lowest BCUT2D eigenvalue weighted by Gasteiger charge is -1.93. The van der Waals surface area contributed by atoms with Crippen molar-refractivity contribution in [3.8, 4) is 11.3 Å². The van der Waals surface area contributed by atoms with Gasteiger partial charge in [0.05, 0.1) is 5.69 Å². The summed E-state index contributed by atoms with van der Waals surface area (Å²) in [6.45, 7) is 7.73. The lowest BCUT2D eigenvalue weighted by molar-refractivity contribution is 1.35. The second kappa shape index (κ2) is 4.20. The topological polar surface area (TPSA) is 12.9 Å². The SMILES string of the molecule is C.C=c1nc(-c2ccccc2)c(=C)s1. The second-order valence-electron chi connectivity index (χ2n) is 2.75. The van der Waals surface area contributed by atoms with Gasteiger partial charge in [-0.05, 0) is 0 Å². The van der Waals surface area contributed by atoms with Gasteiger partial charge in [0.15, 0.2) is 0 Å². The van der Waals surface area contributed by atoms with Crippen LogP contribution in [-0.2, 0) is 0 Å². The maximum atomic E-state index is 4.33. The molecule has 14 heavy (non-hydrogen) atoms. The highest BCUT2D eigenvalue weighted by atomic mass is 32.1. The normalized spacial score (nSPS) is 9.43. The van der Waals surface area contributed by atoms with Gasteiger partial charge in [-0.3, -0.25) is 0 Å². The Labute approximate surface area is 88.1 Å². The van der Waals surface area contributed by atoms with Crippen LogP contribution < -0.4 is 9.20 Å². The van der Waals surface area contributed by atoms with E-state index < -0.39 is 0 Å². The molecule has 1 heterocycles. The summed E-state index contributed by atoms with van der Waals surface area (Å²) in [5.41, 5.74) is 2.06. The van der Waals surface area contributed by atoms with Gasteiger partial charge in [-0.2, -0.15) is 0 Å². The van der Waals surface area contributed by atoms with Crippen LogP contribution in [0.4, 0.5) is 0 Å². The van der Waals surface area contributed by atoms with Crippen molar-refractivity contribution in [2.24, 2.45) is 0 Å². The molecule has 0 saturated heterocycles. The molecule has 0 fully saturated rings. The van der Waals surface area contributed by atoms with Crippen LogP contribution >= 0.6 is 11.3 Å². The summed E-state index contributed by atoms with van der Waals surface area (Å²) in [5.74, 6) is 0. The molecule has 1 aromatic carbocycles. The lowest BCUT2D eigenvalue weighted by atomic mass is 10.2. The van der Waals surface area contributed by atoms with Crippen LogP contribution in [-0.4, -0.2) is 4.98 Å². The molecule has 2 aromatic rings. The van der Waals surface area contributed by atoms with Gasteiger partial charge in [-0.25, -0.2) is 4.98 Å². The van der Waals surface area contributed by atoms with Gasteiger partial charge in [-0.15, -0.1) is 11.3 Å². The van der Waals surface area contributed by atoms with Crippen LogP contribution in [0, 0.1) is 0 Å². The average molecular weight is 203 g/mol. The zero-order valence-electron chi connectivity index (χ0n) is 7.16. The fourth-order valence-corrected chi connectivity index (χ4v) is 1.90. The minimum absolute atomic E-state index is 0. The van der Waals surface area contributed by atoms with Crippen molar-refractivity contribution >= 4 is 24.5 Å². The van der Waals surface area contributed by atoms with E-state index in [4.69, 9.17) is 0 Å². The van der Waals surface area contributed by atoms with Gasteiger partial charge in [-0.1, -0.05) is 50.9 Å². The zero-order valence-corrected chi connectivity index (χ0v) is 7.97. The van der Waals surface area contributed by atoms with E-state index in [1.54, 1.807) is 0 Å². The third-order valence-corrected chi connectivity index (χ3v) is 2.56. The molecule has 0 aliphatic carbocycles. The number of rotatable bonds is 1. The second-order valence-corrected chi connectivity index (χ2v) is 3.91. The van der Waals surface area contributed by atoms with Gasteiger partial charge in [0.1, 0.15) is 4.66 Å². The Hall–Kier alpha value is -1.41. The van der Waals surface area contributed by atoms with Crippen LogP contribution in [0.2, 0.25) is 0 Å². The molecule has 0 saturated carbocycles. The molecule has 72 valence electrons. The Morgan fingerprint density at radius 3 is 2.21 bits per heavy atom. The van der Waals surface area contributed by atoms with Crippen LogP contribution in [0.3, 0.4) is 0 Å². The van der Waals surface area contributed by atoms with Crippen molar-refractivity contribution in [2.45, 2.75) is 7.43 Å². The Bertz CT molecular complexity index is 499. The van der Waals surface area contributed by atoms with E-state index in [0.717, 1.165) is 20.5 Å². The first-order valence-corrected chi connectivity index (χ1v) is 4.79. The summed E-state index contributed by atoms with van der Waals surface area (Å²) in [7, 11) is 0. The average Bonchev–Trinajstić information content (AvgIpc) is 2.47. The predicted molar refractivity (Wildman–Crippen MR) is 64.6 cm³/mol. The monoisotopic (exact) mass is 203 g/mol. The Morgan fingerprint density at radius 2 is 1.71 bits per heavy atom. The number of hydrogen-bond donors (Lipinski definition) is 0. The molecule has 0 bridgehead atoms. The molecule has 2 rings (SSSR count). The number of benzene rings is 1. The first kappa shape index (κ1) is 10.7. The fraction of sp³-hybridized carbons (Fsp3) is 0.0833. The van der Waals surface area contributed by atoms with Crippen molar-refractivity contribution in [2.75, 3.05) is 0 Å². The van der Waals surface area contributed by atoms with E-state index in [-0.39, 0.29) is 7.43 Å². The van der Waals surface area contributed by atoms with Crippen molar-refractivity contribution in [1.82, 2.24) is 4.98 Å². The molecule has 0 unspecified atom stereocenters. The highest BCUT2D eigenvalue weighted by Gasteiger charge is 2.00.